The number of rotatable bonds is 1. The largest absolute Gasteiger partial charge is 0.291 e. The molecule has 2 bridgehead atoms. The molecule has 0 saturated heterocycles. The van der Waals surface area contributed by atoms with E-state index in [9.17, 15) is 9.59 Å². The van der Waals surface area contributed by atoms with Gasteiger partial charge in [0.05, 0.1) is 5.41 Å². The van der Waals surface area contributed by atoms with E-state index >= 15 is 0 Å². The van der Waals surface area contributed by atoms with E-state index in [1.807, 2.05) is 0 Å². The van der Waals surface area contributed by atoms with Gasteiger partial charge in [-0.25, -0.2) is 0 Å². The van der Waals surface area contributed by atoms with Gasteiger partial charge >= 0.3 is 0 Å². The van der Waals surface area contributed by atoms with E-state index < -0.39 is 5.41 Å². The van der Waals surface area contributed by atoms with Crippen molar-refractivity contribution in [2.24, 2.45) is 16.7 Å². The fourth-order valence-corrected chi connectivity index (χ4v) is 4.22. The minimum atomic E-state index is -0.394. The Morgan fingerprint density at radius 3 is 2.38 bits per heavy atom. The molecule has 0 N–H and O–H groups in total. The smallest absolute Gasteiger partial charge is 0.206 e. The summed E-state index contributed by atoms with van der Waals surface area (Å²) < 4.78 is 0. The molecule has 72 valence electrons. The van der Waals surface area contributed by atoms with E-state index in [2.05, 4.69) is 29.8 Å². The van der Waals surface area contributed by atoms with Crippen LogP contribution in [-0.2, 0) is 9.59 Å². The molecule has 2 saturated carbocycles. The van der Waals surface area contributed by atoms with Crippen LogP contribution in [0.3, 0.4) is 0 Å². The van der Waals surface area contributed by atoms with E-state index in [0.29, 0.717) is 5.33 Å². The van der Waals surface area contributed by atoms with Crippen molar-refractivity contribution in [3.8, 4) is 0 Å². The molecule has 2 aliphatic rings. The Balaban J connectivity index is 2.56. The maximum Gasteiger partial charge on any atom is 0.206 e. The Bertz CT molecular complexity index is 295. The fraction of sp³-hybridized carbons (Fsp3) is 0.800. The fourth-order valence-electron chi connectivity index (χ4n) is 2.97. The highest BCUT2D eigenvalue weighted by atomic mass is 79.9. The van der Waals surface area contributed by atoms with Crippen LogP contribution in [0.5, 0.6) is 0 Å². The van der Waals surface area contributed by atoms with Crippen molar-refractivity contribution in [1.82, 2.24) is 0 Å². The number of fused-ring (bicyclic) bond motifs is 2. The highest BCUT2D eigenvalue weighted by Gasteiger charge is 2.68. The maximum absolute atomic E-state index is 11.8. The summed E-state index contributed by atoms with van der Waals surface area (Å²) in [7, 11) is 0. The average Bonchev–Trinajstić information content (AvgIpc) is 2.41. The normalized spacial score (nSPS) is 41.6. The molecule has 2 rings (SSSR count). The first-order valence-corrected chi connectivity index (χ1v) is 5.74. The number of hydrogen-bond acceptors (Lipinski definition) is 2. The van der Waals surface area contributed by atoms with Crippen molar-refractivity contribution >= 4 is 27.5 Å². The van der Waals surface area contributed by atoms with Crippen molar-refractivity contribution in [2.45, 2.75) is 26.7 Å². The van der Waals surface area contributed by atoms with Crippen molar-refractivity contribution in [3.05, 3.63) is 0 Å². The quantitative estimate of drug-likeness (QED) is 0.522. The molecule has 0 radical (unpaired) electrons. The third-order valence-corrected chi connectivity index (χ3v) is 5.12. The van der Waals surface area contributed by atoms with Gasteiger partial charge in [-0.1, -0.05) is 29.8 Å². The molecular weight excluding hydrogens is 232 g/mol. The zero-order chi connectivity index (χ0) is 9.85. The predicted molar refractivity (Wildman–Crippen MR) is 52.7 cm³/mol. The van der Waals surface area contributed by atoms with Crippen molar-refractivity contribution in [1.29, 1.82) is 0 Å². The Labute approximate surface area is 86.2 Å². The number of carbonyl (C=O) groups excluding carboxylic acids is 2. The zero-order valence-electron chi connectivity index (χ0n) is 7.89. The molecule has 2 atom stereocenters. The maximum atomic E-state index is 11.8. The molecule has 0 aromatic carbocycles. The Hall–Kier alpha value is -0.180. The lowest BCUT2D eigenvalue weighted by Gasteiger charge is -2.33. The lowest BCUT2D eigenvalue weighted by molar-refractivity contribution is -0.141. The van der Waals surface area contributed by atoms with E-state index in [0.717, 1.165) is 12.8 Å². The molecular formula is C10H13BrO2. The second-order valence-electron chi connectivity index (χ2n) is 4.72. The SMILES string of the molecule is CC1(C)C2CCC1(CBr)C(=O)C2=O. The van der Waals surface area contributed by atoms with Gasteiger partial charge in [-0.15, -0.1) is 0 Å². The molecule has 13 heavy (non-hydrogen) atoms. The van der Waals surface area contributed by atoms with Gasteiger partial charge < -0.3 is 0 Å². The van der Waals surface area contributed by atoms with Crippen molar-refractivity contribution in [2.75, 3.05) is 5.33 Å². The summed E-state index contributed by atoms with van der Waals surface area (Å²) in [5.41, 5.74) is -0.528. The molecule has 0 aromatic heterocycles. The van der Waals surface area contributed by atoms with Crippen LogP contribution in [0.1, 0.15) is 26.7 Å². The van der Waals surface area contributed by atoms with Crippen LogP contribution in [0.25, 0.3) is 0 Å². The number of hydrogen-bond donors (Lipinski definition) is 0. The van der Waals surface area contributed by atoms with Crippen LogP contribution in [0.4, 0.5) is 0 Å². The van der Waals surface area contributed by atoms with Gasteiger partial charge in [-0.3, -0.25) is 9.59 Å². The van der Waals surface area contributed by atoms with Crippen LogP contribution < -0.4 is 0 Å². The molecule has 0 spiro atoms. The van der Waals surface area contributed by atoms with Gasteiger partial charge in [-0.2, -0.15) is 0 Å². The predicted octanol–water partition coefficient (Wildman–Crippen LogP) is 1.96. The van der Waals surface area contributed by atoms with E-state index in [1.165, 1.54) is 0 Å². The van der Waals surface area contributed by atoms with Gasteiger partial charge in [0.2, 0.25) is 11.6 Å². The summed E-state index contributed by atoms with van der Waals surface area (Å²) in [6, 6.07) is 0. The minimum Gasteiger partial charge on any atom is -0.291 e. The van der Waals surface area contributed by atoms with Crippen LogP contribution in [0, 0.1) is 16.7 Å². The number of Topliss-reactive ketones (excluding diaryl/α,β-unsaturated/α-hetero) is 2. The van der Waals surface area contributed by atoms with Gasteiger partial charge in [-0.05, 0) is 18.3 Å². The first kappa shape index (κ1) is 9.38. The molecule has 2 nitrogen and oxygen atoms in total. The van der Waals surface area contributed by atoms with Crippen molar-refractivity contribution < 1.29 is 9.59 Å². The summed E-state index contributed by atoms with van der Waals surface area (Å²) in [4.78, 5) is 23.3. The molecule has 2 unspecified atom stereocenters. The van der Waals surface area contributed by atoms with Crippen LogP contribution in [0.2, 0.25) is 0 Å². The standard InChI is InChI=1S/C10H13BrO2/c1-9(2)6-3-4-10(9,5-11)8(13)7(6)12/h6H,3-5H2,1-2H3. The Kier molecular flexibility index (Phi) is 1.76. The summed E-state index contributed by atoms with van der Waals surface area (Å²) >= 11 is 3.39. The first-order chi connectivity index (χ1) is 5.97. The third kappa shape index (κ3) is 0.797. The van der Waals surface area contributed by atoms with Crippen LogP contribution in [0.15, 0.2) is 0 Å². The van der Waals surface area contributed by atoms with Crippen LogP contribution in [-0.4, -0.2) is 16.9 Å². The second-order valence-corrected chi connectivity index (χ2v) is 5.28. The van der Waals surface area contributed by atoms with E-state index in [1.54, 1.807) is 0 Å². The zero-order valence-corrected chi connectivity index (χ0v) is 9.48. The topological polar surface area (TPSA) is 34.1 Å². The molecule has 0 amide bonds. The highest BCUT2D eigenvalue weighted by molar-refractivity contribution is 9.09. The molecule has 2 fully saturated rings. The molecule has 2 aliphatic carbocycles. The van der Waals surface area contributed by atoms with E-state index in [-0.39, 0.29) is 22.9 Å². The Morgan fingerprint density at radius 2 is 2.08 bits per heavy atom. The average molecular weight is 245 g/mol. The van der Waals surface area contributed by atoms with E-state index in [4.69, 9.17) is 0 Å². The van der Waals surface area contributed by atoms with Gasteiger partial charge in [0.25, 0.3) is 0 Å². The lowest BCUT2D eigenvalue weighted by Crippen LogP contribution is -2.38. The number of carbonyl (C=O) groups is 2. The highest BCUT2D eigenvalue weighted by Crippen LogP contribution is 2.62. The van der Waals surface area contributed by atoms with Gasteiger partial charge in [0.1, 0.15) is 0 Å². The summed E-state index contributed by atoms with van der Waals surface area (Å²) in [5.74, 6) is -0.279. The van der Waals surface area contributed by atoms with Gasteiger partial charge in [0, 0.05) is 11.2 Å². The second kappa shape index (κ2) is 2.44. The summed E-state index contributed by atoms with van der Waals surface area (Å²) in [6.07, 6.45) is 1.77. The third-order valence-electron chi connectivity index (χ3n) is 4.17. The summed E-state index contributed by atoms with van der Waals surface area (Å²) in [5, 5.41) is 0.633. The summed E-state index contributed by atoms with van der Waals surface area (Å²) in [6.45, 7) is 4.10. The minimum absolute atomic E-state index is 0.0162. The Morgan fingerprint density at radius 1 is 1.46 bits per heavy atom. The van der Waals surface area contributed by atoms with Crippen LogP contribution >= 0.6 is 15.9 Å². The number of halogens is 1. The monoisotopic (exact) mass is 244 g/mol. The molecule has 0 aliphatic heterocycles. The van der Waals surface area contributed by atoms with Crippen molar-refractivity contribution in [3.63, 3.8) is 0 Å². The molecule has 3 heteroatoms. The molecule has 0 heterocycles. The van der Waals surface area contributed by atoms with Gasteiger partial charge in [0.15, 0.2) is 0 Å². The number of alkyl halides is 1. The lowest BCUT2D eigenvalue weighted by atomic mass is 9.70. The molecule has 0 aromatic rings. The number of ketones is 2. The first-order valence-electron chi connectivity index (χ1n) is 4.62.